The highest BCUT2D eigenvalue weighted by atomic mass is 16.6. The molecule has 5 nitrogen and oxygen atoms in total. The zero-order valence-electron chi connectivity index (χ0n) is 9.92. The maximum absolute atomic E-state index is 11.7. The number of hydrogen-bond acceptors (Lipinski definition) is 4. The van der Waals surface area contributed by atoms with Crippen molar-refractivity contribution in [1.82, 2.24) is 4.90 Å². The van der Waals surface area contributed by atoms with Crippen LogP contribution in [0.15, 0.2) is 23.9 Å². The third-order valence-corrected chi connectivity index (χ3v) is 3.32. The van der Waals surface area contributed by atoms with Gasteiger partial charge in [0.15, 0.2) is 0 Å². The van der Waals surface area contributed by atoms with Gasteiger partial charge in [0.2, 0.25) is 0 Å². The number of fused-ring (bicyclic) bond motifs is 3. The molecule has 1 unspecified atom stereocenters. The standard InChI is InChI=1S/C13H13NO4/c1-17-11-4-2-3-8-5-9(6-15)14-10(12(8)11)7-18-13(14)16/h2-5,10,15H,6-7H2,1H3. The summed E-state index contributed by atoms with van der Waals surface area (Å²) in [5, 5.41) is 9.36. The highest BCUT2D eigenvalue weighted by Gasteiger charge is 2.41. The summed E-state index contributed by atoms with van der Waals surface area (Å²) < 4.78 is 10.4. The minimum absolute atomic E-state index is 0.192. The number of amides is 1. The lowest BCUT2D eigenvalue weighted by Gasteiger charge is -2.30. The number of ether oxygens (including phenoxy) is 2. The second kappa shape index (κ2) is 4.03. The van der Waals surface area contributed by atoms with Crippen LogP contribution >= 0.6 is 0 Å². The first kappa shape index (κ1) is 11.1. The van der Waals surface area contributed by atoms with Gasteiger partial charge in [0, 0.05) is 5.56 Å². The quantitative estimate of drug-likeness (QED) is 0.861. The maximum Gasteiger partial charge on any atom is 0.414 e. The first-order valence-corrected chi connectivity index (χ1v) is 5.70. The average Bonchev–Trinajstić information content (AvgIpc) is 2.79. The van der Waals surface area contributed by atoms with E-state index in [9.17, 15) is 9.90 Å². The molecule has 0 bridgehead atoms. The molecule has 1 amide bonds. The minimum atomic E-state index is -0.420. The van der Waals surface area contributed by atoms with Crippen LogP contribution in [0.3, 0.4) is 0 Å². The Kier molecular flexibility index (Phi) is 2.48. The molecule has 94 valence electrons. The van der Waals surface area contributed by atoms with Crippen molar-refractivity contribution in [3.63, 3.8) is 0 Å². The Bertz CT molecular complexity index is 538. The second-order valence-electron chi connectivity index (χ2n) is 4.22. The number of cyclic esters (lactones) is 1. The molecule has 1 atom stereocenters. The summed E-state index contributed by atoms with van der Waals surface area (Å²) >= 11 is 0. The topological polar surface area (TPSA) is 59.0 Å². The second-order valence-corrected chi connectivity index (χ2v) is 4.22. The molecule has 0 aliphatic carbocycles. The fraction of sp³-hybridized carbons (Fsp3) is 0.308. The van der Waals surface area contributed by atoms with Crippen molar-refractivity contribution in [2.75, 3.05) is 20.3 Å². The highest BCUT2D eigenvalue weighted by Crippen LogP contribution is 2.42. The molecule has 1 N–H and O–H groups in total. The fourth-order valence-electron chi connectivity index (χ4n) is 2.54. The predicted octanol–water partition coefficient (Wildman–Crippen LogP) is 1.54. The number of aliphatic hydroxyl groups excluding tert-OH is 1. The lowest BCUT2D eigenvalue weighted by Crippen LogP contribution is -2.31. The third kappa shape index (κ3) is 1.41. The first-order valence-electron chi connectivity index (χ1n) is 5.70. The van der Waals surface area contributed by atoms with Gasteiger partial charge in [-0.05, 0) is 17.7 Å². The predicted molar refractivity (Wildman–Crippen MR) is 64.0 cm³/mol. The summed E-state index contributed by atoms with van der Waals surface area (Å²) in [7, 11) is 1.60. The third-order valence-electron chi connectivity index (χ3n) is 3.32. The lowest BCUT2D eigenvalue weighted by molar-refractivity contribution is 0.160. The van der Waals surface area contributed by atoms with Crippen LogP contribution < -0.4 is 4.74 Å². The van der Waals surface area contributed by atoms with E-state index >= 15 is 0 Å². The monoisotopic (exact) mass is 247 g/mol. The number of carbonyl (C=O) groups is 1. The van der Waals surface area contributed by atoms with Crippen molar-refractivity contribution in [2.24, 2.45) is 0 Å². The van der Waals surface area contributed by atoms with Crippen molar-refractivity contribution in [1.29, 1.82) is 0 Å². The van der Waals surface area contributed by atoms with Gasteiger partial charge in [0.1, 0.15) is 18.4 Å². The van der Waals surface area contributed by atoms with Crippen molar-refractivity contribution in [3.05, 3.63) is 35.0 Å². The van der Waals surface area contributed by atoms with Gasteiger partial charge in [-0.3, -0.25) is 4.90 Å². The van der Waals surface area contributed by atoms with E-state index in [0.717, 1.165) is 16.9 Å². The Hall–Kier alpha value is -2.01. The van der Waals surface area contributed by atoms with E-state index < -0.39 is 6.09 Å². The molecule has 3 rings (SSSR count). The molecule has 0 aromatic heterocycles. The number of aliphatic hydroxyl groups is 1. The summed E-state index contributed by atoms with van der Waals surface area (Å²) in [6, 6.07) is 5.47. The fourth-order valence-corrected chi connectivity index (χ4v) is 2.54. The maximum atomic E-state index is 11.7. The molecular formula is C13H13NO4. The zero-order valence-corrected chi connectivity index (χ0v) is 9.92. The molecule has 1 aromatic rings. The van der Waals surface area contributed by atoms with Gasteiger partial charge in [0.25, 0.3) is 0 Å². The Morgan fingerprint density at radius 2 is 2.39 bits per heavy atom. The van der Waals surface area contributed by atoms with Crippen LogP contribution in [0.5, 0.6) is 5.75 Å². The Labute approximate surface area is 104 Å². The molecule has 2 aliphatic rings. The van der Waals surface area contributed by atoms with Crippen LogP contribution in [0.4, 0.5) is 4.79 Å². The minimum Gasteiger partial charge on any atom is -0.496 e. The smallest absolute Gasteiger partial charge is 0.414 e. The molecule has 2 aliphatic heterocycles. The summed E-state index contributed by atoms with van der Waals surface area (Å²) in [6.45, 7) is 0.0891. The summed E-state index contributed by atoms with van der Waals surface area (Å²) in [4.78, 5) is 13.2. The van der Waals surface area contributed by atoms with Crippen molar-refractivity contribution in [2.45, 2.75) is 6.04 Å². The lowest BCUT2D eigenvalue weighted by atomic mass is 9.94. The number of rotatable bonds is 2. The molecule has 0 saturated carbocycles. The van der Waals surface area contributed by atoms with Crippen molar-refractivity contribution in [3.8, 4) is 5.75 Å². The van der Waals surface area contributed by atoms with Gasteiger partial charge in [0.05, 0.1) is 19.4 Å². The molecule has 5 heteroatoms. The van der Waals surface area contributed by atoms with Gasteiger partial charge < -0.3 is 14.6 Å². The van der Waals surface area contributed by atoms with Crippen molar-refractivity contribution < 1.29 is 19.4 Å². The van der Waals surface area contributed by atoms with Crippen LogP contribution in [0.1, 0.15) is 17.2 Å². The molecule has 0 spiro atoms. The number of nitrogens with zero attached hydrogens (tertiary/aromatic N) is 1. The summed E-state index contributed by atoms with van der Waals surface area (Å²) in [5.41, 5.74) is 2.45. The SMILES string of the molecule is COc1cccc2c1C1COC(=O)N1C(CO)=C2. The molecule has 0 radical (unpaired) electrons. The first-order chi connectivity index (χ1) is 8.76. The Balaban J connectivity index is 2.20. The molecule has 2 heterocycles. The van der Waals surface area contributed by atoms with E-state index in [1.54, 1.807) is 13.2 Å². The molecule has 18 heavy (non-hydrogen) atoms. The molecular weight excluding hydrogens is 234 g/mol. The highest BCUT2D eigenvalue weighted by molar-refractivity contribution is 5.79. The van der Waals surface area contributed by atoms with E-state index in [2.05, 4.69) is 0 Å². The number of methoxy groups -OCH3 is 1. The Morgan fingerprint density at radius 3 is 3.11 bits per heavy atom. The van der Waals surface area contributed by atoms with E-state index in [0.29, 0.717) is 5.70 Å². The van der Waals surface area contributed by atoms with E-state index in [4.69, 9.17) is 9.47 Å². The van der Waals surface area contributed by atoms with Gasteiger partial charge in [-0.1, -0.05) is 12.1 Å². The molecule has 1 fully saturated rings. The van der Waals surface area contributed by atoms with Crippen LogP contribution in [-0.2, 0) is 4.74 Å². The van der Waals surface area contributed by atoms with Gasteiger partial charge >= 0.3 is 6.09 Å². The van der Waals surface area contributed by atoms with Gasteiger partial charge in [-0.25, -0.2) is 4.79 Å². The number of benzene rings is 1. The van der Waals surface area contributed by atoms with Crippen LogP contribution in [-0.4, -0.2) is 36.4 Å². The van der Waals surface area contributed by atoms with E-state index in [1.165, 1.54) is 4.90 Å². The largest absolute Gasteiger partial charge is 0.496 e. The summed E-state index contributed by atoms with van der Waals surface area (Å²) in [5.74, 6) is 0.731. The Morgan fingerprint density at radius 1 is 1.56 bits per heavy atom. The molecule has 1 aromatic carbocycles. The number of carbonyl (C=O) groups excluding carboxylic acids is 1. The normalized spacial score (nSPS) is 21.0. The summed E-state index contributed by atoms with van der Waals surface area (Å²) in [6.07, 6.45) is 1.37. The zero-order chi connectivity index (χ0) is 12.7. The van der Waals surface area contributed by atoms with Crippen LogP contribution in [0, 0.1) is 0 Å². The van der Waals surface area contributed by atoms with Crippen LogP contribution in [0.2, 0.25) is 0 Å². The average molecular weight is 247 g/mol. The van der Waals surface area contributed by atoms with Gasteiger partial charge in [-0.15, -0.1) is 0 Å². The number of hydrogen-bond donors (Lipinski definition) is 1. The van der Waals surface area contributed by atoms with Crippen molar-refractivity contribution >= 4 is 12.2 Å². The van der Waals surface area contributed by atoms with E-state index in [-0.39, 0.29) is 19.3 Å². The van der Waals surface area contributed by atoms with E-state index in [1.807, 2.05) is 18.2 Å². The molecule has 1 saturated heterocycles. The van der Waals surface area contributed by atoms with Gasteiger partial charge in [-0.2, -0.15) is 0 Å². The van der Waals surface area contributed by atoms with Crippen LogP contribution in [0.25, 0.3) is 6.08 Å².